The molecule has 1 unspecified atom stereocenters. The van der Waals surface area contributed by atoms with Gasteiger partial charge in [-0.25, -0.2) is 0 Å². The van der Waals surface area contributed by atoms with E-state index in [1.54, 1.807) is 10.9 Å². The second kappa shape index (κ2) is 2.50. The highest BCUT2D eigenvalue weighted by molar-refractivity contribution is 6.31. The van der Waals surface area contributed by atoms with E-state index in [1.807, 2.05) is 7.05 Å². The van der Waals surface area contributed by atoms with Crippen LogP contribution in [0.15, 0.2) is 6.20 Å². The van der Waals surface area contributed by atoms with Crippen LogP contribution in [0.2, 0.25) is 5.02 Å². The lowest BCUT2D eigenvalue weighted by atomic mass is 10.2. The van der Waals surface area contributed by atoms with Crippen LogP contribution in [0.3, 0.4) is 0 Å². The third kappa shape index (κ3) is 1.39. The summed E-state index contributed by atoms with van der Waals surface area (Å²) in [7, 11) is 1.89. The molecule has 4 heteroatoms. The van der Waals surface area contributed by atoms with E-state index < -0.39 is 0 Å². The number of epoxide rings is 1. The molecule has 1 aromatic heterocycles. The lowest BCUT2D eigenvalue weighted by Crippen LogP contribution is -2.02. The van der Waals surface area contributed by atoms with Gasteiger partial charge in [-0.15, -0.1) is 0 Å². The first kappa shape index (κ1) is 7.13. The predicted octanol–water partition coefficient (Wildman–Crippen LogP) is 1.01. The smallest absolute Gasteiger partial charge is 0.0865 e. The highest BCUT2D eigenvalue weighted by atomic mass is 35.5. The molecule has 1 saturated heterocycles. The van der Waals surface area contributed by atoms with Crippen LogP contribution in [-0.2, 0) is 18.2 Å². The number of rotatable bonds is 2. The zero-order valence-electron chi connectivity index (χ0n) is 6.25. The average molecular weight is 173 g/mol. The van der Waals surface area contributed by atoms with E-state index in [2.05, 4.69) is 5.10 Å². The fourth-order valence-corrected chi connectivity index (χ4v) is 1.31. The molecule has 1 fully saturated rings. The first-order valence-electron chi connectivity index (χ1n) is 3.55. The minimum atomic E-state index is 0.378. The highest BCUT2D eigenvalue weighted by Gasteiger charge is 2.25. The van der Waals surface area contributed by atoms with Crippen LogP contribution >= 0.6 is 11.6 Å². The summed E-state index contributed by atoms with van der Waals surface area (Å²) in [4.78, 5) is 0. The summed E-state index contributed by atoms with van der Waals surface area (Å²) in [6.45, 7) is 0.863. The van der Waals surface area contributed by atoms with Gasteiger partial charge in [0.1, 0.15) is 0 Å². The van der Waals surface area contributed by atoms with Crippen molar-refractivity contribution in [2.75, 3.05) is 6.61 Å². The van der Waals surface area contributed by atoms with Crippen molar-refractivity contribution >= 4 is 11.6 Å². The number of hydrogen-bond donors (Lipinski definition) is 0. The zero-order valence-corrected chi connectivity index (χ0v) is 7.01. The average Bonchev–Trinajstić information content (AvgIpc) is 2.73. The molecule has 0 saturated carbocycles. The van der Waals surface area contributed by atoms with Crippen LogP contribution < -0.4 is 0 Å². The molecule has 0 aromatic carbocycles. The fourth-order valence-electron chi connectivity index (χ4n) is 1.07. The van der Waals surface area contributed by atoms with Crippen molar-refractivity contribution in [2.45, 2.75) is 12.5 Å². The maximum Gasteiger partial charge on any atom is 0.0865 e. The highest BCUT2D eigenvalue weighted by Crippen LogP contribution is 2.21. The Balaban J connectivity index is 2.19. The zero-order chi connectivity index (χ0) is 7.84. The first-order chi connectivity index (χ1) is 5.27. The summed E-state index contributed by atoms with van der Waals surface area (Å²) in [6, 6.07) is 0. The Kier molecular flexibility index (Phi) is 1.62. The minimum Gasteiger partial charge on any atom is -0.373 e. The maximum absolute atomic E-state index is 5.88. The number of halogens is 1. The normalized spacial score (nSPS) is 22.2. The molecule has 3 nitrogen and oxygen atoms in total. The van der Waals surface area contributed by atoms with E-state index in [1.165, 1.54) is 0 Å². The standard InChI is InChI=1S/C7H9ClN2O/c1-10-7(2-5-4-11-5)6(8)3-9-10/h3,5H,2,4H2,1H3. The number of nitrogens with zero attached hydrogens (tertiary/aromatic N) is 2. The van der Waals surface area contributed by atoms with Gasteiger partial charge in [0.05, 0.1) is 29.6 Å². The van der Waals surface area contributed by atoms with Crippen molar-refractivity contribution in [2.24, 2.45) is 7.05 Å². The lowest BCUT2D eigenvalue weighted by Gasteiger charge is -1.98. The summed E-state index contributed by atoms with van der Waals surface area (Å²) >= 11 is 5.88. The van der Waals surface area contributed by atoms with Gasteiger partial charge in [0.15, 0.2) is 0 Å². The summed E-state index contributed by atoms with van der Waals surface area (Å²) in [5.74, 6) is 0. The van der Waals surface area contributed by atoms with Crippen LogP contribution in [0.1, 0.15) is 5.69 Å². The monoisotopic (exact) mass is 172 g/mol. The van der Waals surface area contributed by atoms with E-state index in [9.17, 15) is 0 Å². The molecule has 2 rings (SSSR count). The Labute approximate surface area is 69.9 Å². The molecule has 0 aliphatic carbocycles. The first-order valence-corrected chi connectivity index (χ1v) is 3.93. The van der Waals surface area contributed by atoms with Crippen molar-refractivity contribution in [1.29, 1.82) is 0 Å². The summed E-state index contributed by atoms with van der Waals surface area (Å²) in [5.41, 5.74) is 1.06. The number of aromatic nitrogens is 2. The largest absolute Gasteiger partial charge is 0.373 e. The molecule has 0 N–H and O–H groups in total. The molecular weight excluding hydrogens is 164 g/mol. The molecule has 1 aliphatic heterocycles. The summed E-state index contributed by atoms with van der Waals surface area (Å²) in [5, 5.41) is 4.77. The summed E-state index contributed by atoms with van der Waals surface area (Å²) in [6.07, 6.45) is 2.93. The van der Waals surface area contributed by atoms with Crippen LogP contribution in [0.5, 0.6) is 0 Å². The summed E-state index contributed by atoms with van der Waals surface area (Å²) < 4.78 is 6.89. The number of ether oxygens (including phenoxy) is 1. The third-order valence-electron chi connectivity index (χ3n) is 1.83. The molecule has 60 valence electrons. The second-order valence-corrected chi connectivity index (χ2v) is 3.13. The molecule has 0 bridgehead atoms. The predicted molar refractivity (Wildman–Crippen MR) is 41.7 cm³/mol. The molecule has 1 aromatic rings. The lowest BCUT2D eigenvalue weighted by molar-refractivity contribution is 0.403. The van der Waals surface area contributed by atoms with E-state index >= 15 is 0 Å². The van der Waals surface area contributed by atoms with Crippen molar-refractivity contribution in [3.05, 3.63) is 16.9 Å². The molecule has 0 amide bonds. The van der Waals surface area contributed by atoms with Crippen LogP contribution in [0.25, 0.3) is 0 Å². The second-order valence-electron chi connectivity index (χ2n) is 2.72. The Bertz CT molecular complexity index is 248. The Morgan fingerprint density at radius 1 is 1.91 bits per heavy atom. The van der Waals surface area contributed by atoms with Crippen LogP contribution in [0, 0.1) is 0 Å². The van der Waals surface area contributed by atoms with Gasteiger partial charge in [0.25, 0.3) is 0 Å². The number of aryl methyl sites for hydroxylation is 1. The Morgan fingerprint density at radius 3 is 3.09 bits per heavy atom. The molecule has 11 heavy (non-hydrogen) atoms. The fraction of sp³-hybridized carbons (Fsp3) is 0.571. The van der Waals surface area contributed by atoms with Gasteiger partial charge < -0.3 is 4.74 Å². The quantitative estimate of drug-likeness (QED) is 0.624. The molecule has 0 radical (unpaired) electrons. The molecule has 1 atom stereocenters. The molecule has 2 heterocycles. The topological polar surface area (TPSA) is 30.4 Å². The van der Waals surface area contributed by atoms with Gasteiger partial charge >= 0.3 is 0 Å². The van der Waals surface area contributed by atoms with Crippen molar-refractivity contribution in [3.8, 4) is 0 Å². The SMILES string of the molecule is Cn1ncc(Cl)c1CC1CO1. The minimum absolute atomic E-state index is 0.378. The van der Waals surface area contributed by atoms with Crippen molar-refractivity contribution < 1.29 is 4.74 Å². The third-order valence-corrected chi connectivity index (χ3v) is 2.15. The van der Waals surface area contributed by atoms with Gasteiger partial charge in [0.2, 0.25) is 0 Å². The van der Waals surface area contributed by atoms with E-state index in [0.717, 1.165) is 23.7 Å². The van der Waals surface area contributed by atoms with Crippen LogP contribution in [-0.4, -0.2) is 22.5 Å². The Hall–Kier alpha value is -0.540. The van der Waals surface area contributed by atoms with E-state index in [4.69, 9.17) is 16.3 Å². The van der Waals surface area contributed by atoms with Gasteiger partial charge in [0, 0.05) is 13.5 Å². The van der Waals surface area contributed by atoms with Crippen molar-refractivity contribution in [3.63, 3.8) is 0 Å². The molecule has 0 spiro atoms. The molecule has 1 aliphatic rings. The number of hydrogen-bond acceptors (Lipinski definition) is 2. The van der Waals surface area contributed by atoms with E-state index in [0.29, 0.717) is 6.10 Å². The van der Waals surface area contributed by atoms with E-state index in [-0.39, 0.29) is 0 Å². The molecular formula is C7H9ClN2O. The van der Waals surface area contributed by atoms with Crippen molar-refractivity contribution in [1.82, 2.24) is 9.78 Å². The maximum atomic E-state index is 5.88. The van der Waals surface area contributed by atoms with Gasteiger partial charge in [-0.05, 0) is 0 Å². The Morgan fingerprint density at radius 2 is 2.64 bits per heavy atom. The van der Waals surface area contributed by atoms with Crippen LogP contribution in [0.4, 0.5) is 0 Å². The van der Waals surface area contributed by atoms with Gasteiger partial charge in [-0.3, -0.25) is 4.68 Å². The van der Waals surface area contributed by atoms with Gasteiger partial charge in [-0.2, -0.15) is 5.10 Å². The van der Waals surface area contributed by atoms with Gasteiger partial charge in [-0.1, -0.05) is 11.6 Å².